The molecule has 2 rings (SSSR count). The Morgan fingerprint density at radius 3 is 3.33 bits per heavy atom. The van der Waals surface area contributed by atoms with E-state index in [-0.39, 0.29) is 4.83 Å². The van der Waals surface area contributed by atoms with Crippen molar-refractivity contribution in [1.82, 2.24) is 0 Å². The Balaban J connectivity index is 2.40. The molecule has 0 saturated carbocycles. The molecule has 0 radical (unpaired) electrons. The largest absolute Gasteiger partial charge is 0.233 e. The van der Waals surface area contributed by atoms with Gasteiger partial charge in [0.05, 0.1) is 0 Å². The van der Waals surface area contributed by atoms with Gasteiger partial charge < -0.3 is 0 Å². The van der Waals surface area contributed by atoms with Crippen LogP contribution in [0.4, 0.5) is 0 Å². The van der Waals surface area contributed by atoms with E-state index in [1.807, 2.05) is 0 Å². The molecule has 1 unspecified atom stereocenters. The fraction of sp³-hybridized carbons (Fsp3) is 0.250. The maximum absolute atomic E-state index is 5.64. The highest BCUT2D eigenvalue weighted by molar-refractivity contribution is 8.17. The minimum Gasteiger partial charge on any atom is -0.233 e. The van der Waals surface area contributed by atoms with Gasteiger partial charge in [-0.05, 0) is 0 Å². The quantitative estimate of drug-likeness (QED) is 0.385. The molecular formula is C4H2ClN3S. The molecule has 0 fully saturated rings. The number of amidine groups is 1. The van der Waals surface area contributed by atoms with Crippen molar-refractivity contribution in [3.8, 4) is 0 Å². The van der Waals surface area contributed by atoms with E-state index in [1.54, 1.807) is 0 Å². The molecular weight excluding hydrogens is 158 g/mol. The maximum Gasteiger partial charge on any atom is 0.184 e. The number of aliphatic imine (C=N–C) groups is 3. The minimum atomic E-state index is -0.212. The molecule has 0 saturated heterocycles. The molecule has 5 heteroatoms. The molecule has 0 aliphatic carbocycles. The Bertz CT molecular complexity index is 232. The Labute approximate surface area is 60.9 Å². The summed E-state index contributed by atoms with van der Waals surface area (Å²) < 4.78 is 0. The molecule has 0 aromatic carbocycles. The van der Waals surface area contributed by atoms with Gasteiger partial charge in [-0.3, -0.25) is 0 Å². The summed E-state index contributed by atoms with van der Waals surface area (Å²) in [7, 11) is 0. The summed E-state index contributed by atoms with van der Waals surface area (Å²) in [5, 5.41) is 0.843. The lowest BCUT2D eigenvalue weighted by Crippen LogP contribution is -1.94. The molecule has 0 aromatic heterocycles. The number of hydrogen-bond acceptors (Lipinski definition) is 4. The number of hydrogen-bond donors (Lipinski definition) is 0. The molecule has 0 N–H and O–H groups in total. The average Bonchev–Trinajstić information content (AvgIpc) is 2.22. The summed E-state index contributed by atoms with van der Waals surface area (Å²) in [6.45, 7) is 0. The van der Waals surface area contributed by atoms with Gasteiger partial charge in [0.2, 0.25) is 0 Å². The van der Waals surface area contributed by atoms with Crippen LogP contribution in [0.1, 0.15) is 0 Å². The number of nitrogens with zero attached hydrogens (tertiary/aromatic N) is 3. The van der Waals surface area contributed by atoms with Gasteiger partial charge in [0.1, 0.15) is 11.4 Å². The smallest absolute Gasteiger partial charge is 0.184 e. The van der Waals surface area contributed by atoms with Gasteiger partial charge in [-0.2, -0.15) is 0 Å². The Kier molecular flexibility index (Phi) is 1.10. The zero-order chi connectivity index (χ0) is 6.27. The first-order valence-corrected chi connectivity index (χ1v) is 3.67. The minimum absolute atomic E-state index is 0.212. The fourth-order valence-electron chi connectivity index (χ4n) is 0.635. The summed E-state index contributed by atoms with van der Waals surface area (Å²) in [6, 6.07) is 0. The lowest BCUT2D eigenvalue weighted by Gasteiger charge is -1.87. The van der Waals surface area contributed by atoms with E-state index in [4.69, 9.17) is 11.6 Å². The number of rotatable bonds is 0. The third-order valence-corrected chi connectivity index (χ3v) is 2.15. The SMILES string of the molecule is ClC1N=C2N=CN=C2S1. The third-order valence-electron chi connectivity index (χ3n) is 0.979. The van der Waals surface area contributed by atoms with Crippen LogP contribution >= 0.6 is 23.4 Å². The van der Waals surface area contributed by atoms with Crippen molar-refractivity contribution in [2.45, 2.75) is 4.83 Å². The molecule has 0 bridgehead atoms. The van der Waals surface area contributed by atoms with Gasteiger partial charge in [0.25, 0.3) is 0 Å². The van der Waals surface area contributed by atoms with Crippen LogP contribution in [0.25, 0.3) is 0 Å². The van der Waals surface area contributed by atoms with Crippen molar-refractivity contribution >= 4 is 40.6 Å². The number of fused-ring (bicyclic) bond motifs is 1. The van der Waals surface area contributed by atoms with E-state index >= 15 is 0 Å². The first kappa shape index (κ1) is 5.44. The lowest BCUT2D eigenvalue weighted by atomic mass is 10.7. The van der Waals surface area contributed by atoms with Crippen LogP contribution in [0.2, 0.25) is 0 Å². The molecule has 2 aliphatic heterocycles. The van der Waals surface area contributed by atoms with Gasteiger partial charge in [0.15, 0.2) is 10.7 Å². The summed E-state index contributed by atoms with van der Waals surface area (Å²) in [5.41, 5.74) is 0. The first-order chi connectivity index (χ1) is 4.36. The molecule has 2 heterocycles. The van der Waals surface area contributed by atoms with Crippen molar-refractivity contribution in [2.75, 3.05) is 0 Å². The average molecular weight is 160 g/mol. The molecule has 46 valence electrons. The molecule has 1 atom stereocenters. The maximum atomic E-state index is 5.64. The summed E-state index contributed by atoms with van der Waals surface area (Å²) >= 11 is 7.06. The summed E-state index contributed by atoms with van der Waals surface area (Å²) in [4.78, 5) is 11.5. The van der Waals surface area contributed by atoms with Crippen LogP contribution in [0.15, 0.2) is 15.0 Å². The molecule has 2 aliphatic rings. The monoisotopic (exact) mass is 159 g/mol. The van der Waals surface area contributed by atoms with E-state index < -0.39 is 0 Å². The number of thioether (sulfide) groups is 1. The fourth-order valence-corrected chi connectivity index (χ4v) is 1.64. The molecule has 0 spiro atoms. The van der Waals surface area contributed by atoms with Crippen molar-refractivity contribution < 1.29 is 0 Å². The van der Waals surface area contributed by atoms with Crippen molar-refractivity contribution in [3.05, 3.63) is 0 Å². The second kappa shape index (κ2) is 1.82. The van der Waals surface area contributed by atoms with Crippen LogP contribution in [0, 0.1) is 0 Å². The van der Waals surface area contributed by atoms with Gasteiger partial charge in [0, 0.05) is 0 Å². The van der Waals surface area contributed by atoms with Gasteiger partial charge >= 0.3 is 0 Å². The summed E-state index contributed by atoms with van der Waals surface area (Å²) in [6.07, 6.45) is 1.49. The number of alkyl halides is 1. The van der Waals surface area contributed by atoms with Gasteiger partial charge in [-0.15, -0.1) is 0 Å². The zero-order valence-electron chi connectivity index (χ0n) is 4.28. The topological polar surface area (TPSA) is 37.1 Å². The van der Waals surface area contributed by atoms with Crippen LogP contribution < -0.4 is 0 Å². The normalized spacial score (nSPS) is 30.1. The van der Waals surface area contributed by atoms with E-state index in [2.05, 4.69) is 15.0 Å². The van der Waals surface area contributed by atoms with Gasteiger partial charge in [-0.25, -0.2) is 15.0 Å². The lowest BCUT2D eigenvalue weighted by molar-refractivity contribution is 1.29. The molecule has 0 amide bonds. The van der Waals surface area contributed by atoms with E-state index in [9.17, 15) is 0 Å². The third kappa shape index (κ3) is 0.784. The van der Waals surface area contributed by atoms with Crippen LogP contribution in [-0.4, -0.2) is 22.1 Å². The van der Waals surface area contributed by atoms with E-state index in [0.29, 0.717) is 5.84 Å². The van der Waals surface area contributed by atoms with Crippen LogP contribution in [0.5, 0.6) is 0 Å². The van der Waals surface area contributed by atoms with Gasteiger partial charge in [-0.1, -0.05) is 23.4 Å². The molecule has 0 aromatic rings. The summed E-state index contributed by atoms with van der Waals surface area (Å²) in [5.74, 6) is 0.681. The van der Waals surface area contributed by atoms with Crippen molar-refractivity contribution in [2.24, 2.45) is 15.0 Å². The molecule has 3 nitrogen and oxygen atoms in total. The highest BCUT2D eigenvalue weighted by Crippen LogP contribution is 2.27. The Morgan fingerprint density at radius 1 is 1.67 bits per heavy atom. The predicted octanol–water partition coefficient (Wildman–Crippen LogP) is 1.09. The highest BCUT2D eigenvalue weighted by atomic mass is 35.5. The van der Waals surface area contributed by atoms with Crippen molar-refractivity contribution in [1.29, 1.82) is 0 Å². The second-order valence-corrected chi connectivity index (χ2v) is 3.28. The van der Waals surface area contributed by atoms with Crippen LogP contribution in [0.3, 0.4) is 0 Å². The second-order valence-electron chi connectivity index (χ2n) is 1.54. The van der Waals surface area contributed by atoms with Crippen LogP contribution in [-0.2, 0) is 0 Å². The zero-order valence-corrected chi connectivity index (χ0v) is 5.85. The number of halogens is 1. The Hall–Kier alpha value is -0.350. The first-order valence-electron chi connectivity index (χ1n) is 2.35. The molecule has 9 heavy (non-hydrogen) atoms. The standard InChI is InChI=1S/C4H2ClN3S/c5-4-8-2-3(9-4)7-1-6-2/h1,4H. The highest BCUT2D eigenvalue weighted by Gasteiger charge is 2.24. The predicted molar refractivity (Wildman–Crippen MR) is 40.6 cm³/mol. The van der Waals surface area contributed by atoms with E-state index in [1.165, 1.54) is 18.1 Å². The Morgan fingerprint density at radius 2 is 2.56 bits per heavy atom. The van der Waals surface area contributed by atoms with Crippen molar-refractivity contribution in [3.63, 3.8) is 0 Å². The van der Waals surface area contributed by atoms with E-state index in [0.717, 1.165) is 5.04 Å².